The Balaban J connectivity index is 1.41. The minimum Gasteiger partial charge on any atom is -0.378 e. The fourth-order valence-electron chi connectivity index (χ4n) is 4.53. The molecule has 0 radical (unpaired) electrons. The Morgan fingerprint density at radius 3 is 2.85 bits per heavy atom. The molecule has 0 bridgehead atoms. The van der Waals surface area contributed by atoms with Crippen molar-refractivity contribution in [1.82, 2.24) is 15.2 Å². The molecule has 4 nitrogen and oxygen atoms in total. The van der Waals surface area contributed by atoms with Crippen molar-refractivity contribution in [3.05, 3.63) is 60.2 Å². The van der Waals surface area contributed by atoms with Crippen LogP contribution in [0.15, 0.2) is 48.8 Å². The van der Waals surface area contributed by atoms with Crippen molar-refractivity contribution in [2.45, 2.75) is 52.1 Å². The minimum atomic E-state index is 0.298. The van der Waals surface area contributed by atoms with E-state index in [4.69, 9.17) is 4.74 Å². The Hall–Kier alpha value is -2.20. The number of hydrogen-bond acceptors (Lipinski definition) is 3. The number of ether oxygens (including phenoxy) is 1. The first kappa shape index (κ1) is 18.2. The number of fused-ring (bicyclic) bond motifs is 1. The SMILES string of the molecule is CC1(C)CCC(OCCc2cccc3ccccc23)C(Cc2nc[nH]n2)C1. The normalized spacial score (nSPS) is 22.1. The lowest BCUT2D eigenvalue weighted by molar-refractivity contribution is -0.0373. The highest BCUT2D eigenvalue weighted by Crippen LogP contribution is 2.41. The molecule has 27 heavy (non-hydrogen) atoms. The number of rotatable bonds is 6. The molecule has 2 unspecified atom stereocenters. The average molecular weight is 364 g/mol. The quantitative estimate of drug-likeness (QED) is 0.674. The summed E-state index contributed by atoms with van der Waals surface area (Å²) in [5.41, 5.74) is 1.74. The zero-order valence-corrected chi connectivity index (χ0v) is 16.3. The lowest BCUT2D eigenvalue weighted by Crippen LogP contribution is -2.37. The van der Waals surface area contributed by atoms with Crippen molar-refractivity contribution in [3.8, 4) is 0 Å². The second-order valence-electron chi connectivity index (χ2n) is 8.58. The van der Waals surface area contributed by atoms with Crippen molar-refractivity contribution in [1.29, 1.82) is 0 Å². The maximum absolute atomic E-state index is 6.42. The zero-order chi connectivity index (χ0) is 18.7. The summed E-state index contributed by atoms with van der Waals surface area (Å²) in [5.74, 6) is 1.39. The molecular weight excluding hydrogens is 334 g/mol. The second kappa shape index (κ2) is 7.81. The van der Waals surface area contributed by atoms with Crippen molar-refractivity contribution in [2.75, 3.05) is 6.61 Å². The molecular formula is C23H29N3O. The van der Waals surface area contributed by atoms with E-state index in [0.29, 0.717) is 17.4 Å². The lowest BCUT2D eigenvalue weighted by atomic mass is 9.70. The molecule has 2 aromatic carbocycles. The number of H-pyrrole nitrogens is 1. The summed E-state index contributed by atoms with van der Waals surface area (Å²) in [4.78, 5) is 4.33. The predicted molar refractivity (Wildman–Crippen MR) is 109 cm³/mol. The van der Waals surface area contributed by atoms with Crippen molar-refractivity contribution in [2.24, 2.45) is 11.3 Å². The summed E-state index contributed by atoms with van der Waals surface area (Å²) in [6.45, 7) is 5.50. The predicted octanol–water partition coefficient (Wildman–Crippen LogP) is 4.95. The van der Waals surface area contributed by atoms with E-state index in [1.807, 2.05) is 0 Å². The van der Waals surface area contributed by atoms with E-state index in [1.54, 1.807) is 6.33 Å². The van der Waals surface area contributed by atoms with Gasteiger partial charge >= 0.3 is 0 Å². The summed E-state index contributed by atoms with van der Waals surface area (Å²) < 4.78 is 6.42. The van der Waals surface area contributed by atoms with Crippen LogP contribution in [0.5, 0.6) is 0 Å². The molecule has 0 spiro atoms. The molecule has 0 amide bonds. The monoisotopic (exact) mass is 363 g/mol. The molecule has 0 saturated heterocycles. The maximum Gasteiger partial charge on any atom is 0.150 e. The summed E-state index contributed by atoms with van der Waals surface area (Å²) in [5, 5.41) is 9.74. The van der Waals surface area contributed by atoms with Crippen molar-refractivity contribution in [3.63, 3.8) is 0 Å². The topological polar surface area (TPSA) is 50.8 Å². The standard InChI is InChI=1S/C23H29N3O/c1-23(2)12-10-21(19(15-23)14-22-24-16-25-26-22)27-13-11-18-8-5-7-17-6-3-4-9-20(17)18/h3-9,16,19,21H,10-15H2,1-2H3,(H,24,25,26). The Morgan fingerprint density at radius 1 is 1.15 bits per heavy atom. The number of nitrogens with one attached hydrogen (secondary N) is 1. The molecule has 2 atom stereocenters. The molecule has 1 aliphatic carbocycles. The van der Waals surface area contributed by atoms with Gasteiger partial charge in [-0.25, -0.2) is 4.98 Å². The van der Waals surface area contributed by atoms with Gasteiger partial charge in [-0.2, -0.15) is 5.10 Å². The Labute approximate surface area is 161 Å². The first-order chi connectivity index (χ1) is 13.1. The van der Waals surface area contributed by atoms with Gasteiger partial charge in [-0.05, 0) is 53.4 Å². The van der Waals surface area contributed by atoms with Gasteiger partial charge in [-0.3, -0.25) is 5.10 Å². The average Bonchev–Trinajstić information content (AvgIpc) is 3.16. The third-order valence-electron chi connectivity index (χ3n) is 5.94. The highest BCUT2D eigenvalue weighted by Gasteiger charge is 2.36. The Kier molecular flexibility index (Phi) is 5.26. The van der Waals surface area contributed by atoms with E-state index in [1.165, 1.54) is 29.2 Å². The molecule has 142 valence electrons. The molecule has 4 rings (SSSR count). The van der Waals surface area contributed by atoms with Crippen LogP contribution < -0.4 is 0 Å². The van der Waals surface area contributed by atoms with Crippen molar-refractivity contribution >= 4 is 10.8 Å². The van der Waals surface area contributed by atoms with Crippen LogP contribution in [0.1, 0.15) is 44.5 Å². The zero-order valence-electron chi connectivity index (χ0n) is 16.3. The molecule has 3 aromatic rings. The van der Waals surface area contributed by atoms with E-state index in [0.717, 1.165) is 31.7 Å². The van der Waals surface area contributed by atoms with E-state index >= 15 is 0 Å². The molecule has 1 saturated carbocycles. The van der Waals surface area contributed by atoms with Crippen LogP contribution in [0.4, 0.5) is 0 Å². The van der Waals surface area contributed by atoms with Gasteiger partial charge < -0.3 is 4.74 Å². The van der Waals surface area contributed by atoms with Crippen LogP contribution in [-0.4, -0.2) is 27.9 Å². The highest BCUT2D eigenvalue weighted by atomic mass is 16.5. The lowest BCUT2D eigenvalue weighted by Gasteiger charge is -2.40. The van der Waals surface area contributed by atoms with Gasteiger partial charge in [-0.15, -0.1) is 0 Å². The van der Waals surface area contributed by atoms with Gasteiger partial charge in [0.25, 0.3) is 0 Å². The van der Waals surface area contributed by atoms with Gasteiger partial charge in [0.05, 0.1) is 12.7 Å². The van der Waals surface area contributed by atoms with Crippen molar-refractivity contribution < 1.29 is 4.74 Å². The fourth-order valence-corrected chi connectivity index (χ4v) is 4.53. The van der Waals surface area contributed by atoms with Crippen LogP contribution in [0, 0.1) is 11.3 Å². The number of aromatic nitrogens is 3. The minimum absolute atomic E-state index is 0.298. The molecule has 1 fully saturated rings. The number of nitrogens with zero attached hydrogens (tertiary/aromatic N) is 2. The fraction of sp³-hybridized carbons (Fsp3) is 0.478. The summed E-state index contributed by atoms with van der Waals surface area (Å²) in [6, 6.07) is 15.1. The van der Waals surface area contributed by atoms with Gasteiger partial charge in [-0.1, -0.05) is 56.3 Å². The maximum atomic E-state index is 6.42. The van der Waals surface area contributed by atoms with Crippen LogP contribution >= 0.6 is 0 Å². The van der Waals surface area contributed by atoms with Gasteiger partial charge in [0.1, 0.15) is 6.33 Å². The summed E-state index contributed by atoms with van der Waals surface area (Å²) in [6.07, 6.45) is 7.32. The number of benzene rings is 2. The van der Waals surface area contributed by atoms with Crippen LogP contribution in [0.25, 0.3) is 10.8 Å². The largest absolute Gasteiger partial charge is 0.378 e. The molecule has 4 heteroatoms. The summed E-state index contributed by atoms with van der Waals surface area (Å²) >= 11 is 0. The Bertz CT molecular complexity index is 867. The van der Waals surface area contributed by atoms with Crippen LogP contribution in [0.3, 0.4) is 0 Å². The molecule has 1 aromatic heterocycles. The Morgan fingerprint density at radius 2 is 2.00 bits per heavy atom. The van der Waals surface area contributed by atoms with Gasteiger partial charge in [0, 0.05) is 6.42 Å². The van der Waals surface area contributed by atoms with Gasteiger partial charge in [0.15, 0.2) is 5.82 Å². The smallest absolute Gasteiger partial charge is 0.150 e. The first-order valence-electron chi connectivity index (χ1n) is 10.0. The third-order valence-corrected chi connectivity index (χ3v) is 5.94. The molecule has 1 heterocycles. The first-order valence-corrected chi connectivity index (χ1v) is 10.0. The molecule has 1 N–H and O–H groups in total. The van der Waals surface area contributed by atoms with E-state index in [-0.39, 0.29) is 0 Å². The van der Waals surface area contributed by atoms with Gasteiger partial charge in [0.2, 0.25) is 0 Å². The number of aromatic amines is 1. The molecule has 1 aliphatic rings. The molecule has 0 aliphatic heterocycles. The van der Waals surface area contributed by atoms with E-state index < -0.39 is 0 Å². The van der Waals surface area contributed by atoms with E-state index in [2.05, 4.69) is 71.5 Å². The highest BCUT2D eigenvalue weighted by molar-refractivity contribution is 5.85. The summed E-state index contributed by atoms with van der Waals surface area (Å²) in [7, 11) is 0. The van der Waals surface area contributed by atoms with Crippen LogP contribution in [0.2, 0.25) is 0 Å². The second-order valence-corrected chi connectivity index (χ2v) is 8.58. The third kappa shape index (κ3) is 4.38. The van der Waals surface area contributed by atoms with E-state index in [9.17, 15) is 0 Å². The van der Waals surface area contributed by atoms with Crippen LogP contribution in [-0.2, 0) is 17.6 Å². The number of hydrogen-bond donors (Lipinski definition) is 1.